The van der Waals surface area contributed by atoms with Crippen LogP contribution in [0, 0.1) is 29.1 Å². The first-order valence-corrected chi connectivity index (χ1v) is 13.5. The van der Waals surface area contributed by atoms with Crippen LogP contribution in [-0.2, 0) is 9.53 Å². The second-order valence-corrected chi connectivity index (χ2v) is 11.1. The van der Waals surface area contributed by atoms with Gasteiger partial charge in [-0.05, 0) is 94.6 Å². The monoisotopic (exact) mass is 468 g/mol. The number of hydrogen-bond acceptors (Lipinski definition) is 5. The first-order chi connectivity index (χ1) is 16.0. The Balaban J connectivity index is 1.71. The molecule has 3 aliphatic rings. The SMILES string of the molecule is COC(=O)c1sc(C2=CCCCC2)cc1N(C(=O)C1CCC(C)CC1)C1CCC(C#N)CC1. The van der Waals surface area contributed by atoms with Gasteiger partial charge in [-0.3, -0.25) is 4.79 Å². The number of ether oxygens (including phenoxy) is 1. The summed E-state index contributed by atoms with van der Waals surface area (Å²) in [4.78, 5) is 30.4. The van der Waals surface area contributed by atoms with E-state index in [1.807, 2.05) is 4.90 Å². The van der Waals surface area contributed by atoms with E-state index in [2.05, 4.69) is 25.1 Å². The van der Waals surface area contributed by atoms with E-state index in [4.69, 9.17) is 4.74 Å². The van der Waals surface area contributed by atoms with Gasteiger partial charge in [-0.15, -0.1) is 11.3 Å². The van der Waals surface area contributed by atoms with Crippen molar-refractivity contribution in [1.82, 2.24) is 0 Å². The zero-order valence-corrected chi connectivity index (χ0v) is 20.8. The first-order valence-electron chi connectivity index (χ1n) is 12.7. The number of carbonyl (C=O) groups is 2. The zero-order valence-electron chi connectivity index (χ0n) is 20.0. The Labute approximate surface area is 201 Å². The molecule has 0 saturated heterocycles. The van der Waals surface area contributed by atoms with Crippen molar-refractivity contribution < 1.29 is 14.3 Å². The van der Waals surface area contributed by atoms with Gasteiger partial charge in [-0.1, -0.05) is 13.0 Å². The van der Waals surface area contributed by atoms with Gasteiger partial charge in [-0.25, -0.2) is 4.79 Å². The number of hydrogen-bond donors (Lipinski definition) is 0. The van der Waals surface area contributed by atoms with E-state index in [-0.39, 0.29) is 29.8 Å². The molecule has 33 heavy (non-hydrogen) atoms. The van der Waals surface area contributed by atoms with Crippen LogP contribution in [0.1, 0.15) is 98.5 Å². The lowest BCUT2D eigenvalue weighted by Gasteiger charge is -2.38. The molecule has 1 heterocycles. The summed E-state index contributed by atoms with van der Waals surface area (Å²) in [5.41, 5.74) is 2.02. The minimum atomic E-state index is -0.363. The highest BCUT2D eigenvalue weighted by Gasteiger charge is 2.37. The summed E-state index contributed by atoms with van der Waals surface area (Å²) in [5, 5.41) is 9.37. The van der Waals surface area contributed by atoms with Crippen LogP contribution < -0.4 is 4.90 Å². The van der Waals surface area contributed by atoms with Crippen LogP contribution in [0.25, 0.3) is 5.57 Å². The topological polar surface area (TPSA) is 70.4 Å². The smallest absolute Gasteiger partial charge is 0.350 e. The van der Waals surface area contributed by atoms with Gasteiger partial charge in [-0.2, -0.15) is 5.26 Å². The summed E-state index contributed by atoms with van der Waals surface area (Å²) >= 11 is 1.47. The summed E-state index contributed by atoms with van der Waals surface area (Å²) in [5.74, 6) is 0.551. The number of allylic oxidation sites excluding steroid dienone is 2. The number of methoxy groups -OCH3 is 1. The van der Waals surface area contributed by atoms with Crippen molar-refractivity contribution >= 4 is 34.5 Å². The summed E-state index contributed by atoms with van der Waals surface area (Å²) in [7, 11) is 1.41. The fraction of sp³-hybridized carbons (Fsp3) is 0.667. The van der Waals surface area contributed by atoms with E-state index in [9.17, 15) is 14.9 Å². The first kappa shape index (κ1) is 24.0. The Hall–Kier alpha value is -2.13. The molecule has 0 spiro atoms. The van der Waals surface area contributed by atoms with Gasteiger partial charge < -0.3 is 9.64 Å². The number of amides is 1. The van der Waals surface area contributed by atoms with E-state index in [0.29, 0.717) is 10.8 Å². The predicted molar refractivity (Wildman–Crippen MR) is 132 cm³/mol. The molecule has 0 radical (unpaired) electrons. The average molecular weight is 469 g/mol. The molecule has 3 aliphatic carbocycles. The Kier molecular flexibility index (Phi) is 7.90. The summed E-state index contributed by atoms with van der Waals surface area (Å²) in [6, 6.07) is 4.52. The van der Waals surface area contributed by atoms with Crippen LogP contribution in [0.5, 0.6) is 0 Å². The number of anilines is 1. The van der Waals surface area contributed by atoms with Crippen LogP contribution in [0.4, 0.5) is 5.69 Å². The standard InChI is InChI=1S/C27H36N2O3S/c1-18-8-12-21(13-9-18)26(30)29(22-14-10-19(17-28)11-15-22)23-16-24(20-6-4-3-5-7-20)33-25(23)27(31)32-2/h6,16,18-19,21-22H,3-5,7-15H2,1-2H3. The second kappa shape index (κ2) is 10.9. The third-order valence-corrected chi connectivity index (χ3v) is 8.98. The van der Waals surface area contributed by atoms with E-state index in [1.165, 1.54) is 30.4 Å². The molecule has 5 nitrogen and oxygen atoms in total. The molecule has 178 valence electrons. The molecule has 0 atom stereocenters. The summed E-state index contributed by atoms with van der Waals surface area (Å²) in [6.45, 7) is 2.26. The van der Waals surface area contributed by atoms with Crippen LogP contribution in [-0.4, -0.2) is 25.0 Å². The van der Waals surface area contributed by atoms with Crippen molar-refractivity contribution in [3.05, 3.63) is 21.9 Å². The van der Waals surface area contributed by atoms with E-state index < -0.39 is 0 Å². The highest BCUT2D eigenvalue weighted by Crippen LogP contribution is 2.42. The van der Waals surface area contributed by atoms with Crippen molar-refractivity contribution in [2.75, 3.05) is 12.0 Å². The Morgan fingerprint density at radius 2 is 1.82 bits per heavy atom. The third kappa shape index (κ3) is 5.35. The largest absolute Gasteiger partial charge is 0.465 e. The maximum atomic E-state index is 14.0. The molecule has 0 aliphatic heterocycles. The van der Waals surface area contributed by atoms with Crippen LogP contribution in [0.15, 0.2) is 12.1 Å². The van der Waals surface area contributed by atoms with Gasteiger partial charge in [0.15, 0.2) is 0 Å². The highest BCUT2D eigenvalue weighted by molar-refractivity contribution is 7.15. The van der Waals surface area contributed by atoms with Crippen LogP contribution >= 0.6 is 11.3 Å². The molecule has 2 fully saturated rings. The Morgan fingerprint density at radius 3 is 2.42 bits per heavy atom. The lowest BCUT2D eigenvalue weighted by molar-refractivity contribution is -0.124. The van der Waals surface area contributed by atoms with E-state index >= 15 is 0 Å². The van der Waals surface area contributed by atoms with Gasteiger partial charge >= 0.3 is 5.97 Å². The minimum Gasteiger partial charge on any atom is -0.465 e. The van der Waals surface area contributed by atoms with Gasteiger partial charge in [0.25, 0.3) is 0 Å². The lowest BCUT2D eigenvalue weighted by atomic mass is 9.81. The second-order valence-electron chi connectivity index (χ2n) is 10.1. The maximum Gasteiger partial charge on any atom is 0.350 e. The van der Waals surface area contributed by atoms with E-state index in [1.54, 1.807) is 0 Å². The third-order valence-electron chi connectivity index (χ3n) is 7.80. The molecule has 0 unspecified atom stereocenters. The number of nitrogens with zero attached hydrogens (tertiary/aromatic N) is 2. The minimum absolute atomic E-state index is 0.0117. The predicted octanol–water partition coefficient (Wildman–Crippen LogP) is 6.73. The molecular formula is C27H36N2O3S. The quantitative estimate of drug-likeness (QED) is 0.449. The van der Waals surface area contributed by atoms with Crippen LogP contribution in [0.3, 0.4) is 0 Å². The molecular weight excluding hydrogens is 432 g/mol. The zero-order chi connectivity index (χ0) is 23.4. The highest BCUT2D eigenvalue weighted by atomic mass is 32.1. The summed E-state index contributed by atoms with van der Waals surface area (Å²) in [6.07, 6.45) is 14.0. The molecule has 0 N–H and O–H groups in total. The van der Waals surface area contributed by atoms with Gasteiger partial charge in [0.2, 0.25) is 5.91 Å². The van der Waals surface area contributed by atoms with Crippen LogP contribution in [0.2, 0.25) is 0 Å². The number of thiophene rings is 1. The number of esters is 1. The average Bonchev–Trinajstić information content (AvgIpc) is 3.30. The normalized spacial score (nSPS) is 27.8. The van der Waals surface area contributed by atoms with Gasteiger partial charge in [0.1, 0.15) is 4.88 Å². The molecule has 1 aromatic rings. The number of nitriles is 1. The van der Waals surface area contributed by atoms with Crippen molar-refractivity contribution in [3.8, 4) is 6.07 Å². The molecule has 4 rings (SSSR count). The van der Waals surface area contributed by atoms with Gasteiger partial charge in [0, 0.05) is 22.8 Å². The van der Waals surface area contributed by atoms with Crippen molar-refractivity contribution in [2.45, 2.75) is 90.0 Å². The molecule has 0 bridgehead atoms. The fourth-order valence-corrected chi connectivity index (χ4v) is 6.82. The van der Waals surface area contributed by atoms with Crippen molar-refractivity contribution in [1.29, 1.82) is 5.26 Å². The van der Waals surface area contributed by atoms with Gasteiger partial charge in [0.05, 0.1) is 18.9 Å². The lowest BCUT2D eigenvalue weighted by Crippen LogP contribution is -2.46. The van der Waals surface area contributed by atoms with Crippen molar-refractivity contribution in [2.24, 2.45) is 17.8 Å². The number of carbonyl (C=O) groups excluding carboxylic acids is 2. The molecule has 1 amide bonds. The fourth-order valence-electron chi connectivity index (χ4n) is 5.68. The molecule has 0 aromatic carbocycles. The molecule has 1 aromatic heterocycles. The summed E-state index contributed by atoms with van der Waals surface area (Å²) < 4.78 is 5.16. The molecule has 2 saturated carbocycles. The number of rotatable bonds is 5. The maximum absolute atomic E-state index is 14.0. The van der Waals surface area contributed by atoms with E-state index in [0.717, 1.165) is 81.2 Å². The van der Waals surface area contributed by atoms with Crippen molar-refractivity contribution in [3.63, 3.8) is 0 Å². The Bertz CT molecular complexity index is 928. The Morgan fingerprint density at radius 1 is 1.09 bits per heavy atom. The molecule has 6 heteroatoms.